The largest absolute Gasteiger partial charge is 0.449 e. The molecule has 4 heteroatoms. The molecular formula is C36H23N2OS+. The van der Waals surface area contributed by atoms with E-state index in [9.17, 15) is 0 Å². The van der Waals surface area contributed by atoms with Crippen LogP contribution in [0.1, 0.15) is 22.9 Å². The molecule has 0 radical (unpaired) electrons. The number of aryl methyl sites for hydroxylation is 1. The van der Waals surface area contributed by atoms with Crippen LogP contribution < -0.4 is 4.58 Å². The summed E-state index contributed by atoms with van der Waals surface area (Å²) in [6.07, 6.45) is 15.9. The van der Waals surface area contributed by atoms with Gasteiger partial charge in [0.2, 0.25) is 17.0 Å². The van der Waals surface area contributed by atoms with E-state index in [2.05, 4.69) is 112 Å². The first kappa shape index (κ1) is 21.2. The lowest BCUT2D eigenvalue weighted by atomic mass is 10.0. The standard InChI is InChI=1S/C36H23N2OS/c1-5-17-31-21(9-1)25-12-8-16-30(35(25)39-31)37-27-13-3-4-14-28(27)38-33-23(11-7-15-29(33)37)24-19-20-26-22-10-2-6-18-32(22)40-36(26)34(24)38/h1-5,7-17,19-20,28H,6,18H2/q+1. The van der Waals surface area contributed by atoms with Gasteiger partial charge in [-0.05, 0) is 30.5 Å². The van der Waals surface area contributed by atoms with Crippen molar-refractivity contribution < 1.29 is 4.42 Å². The zero-order valence-corrected chi connectivity index (χ0v) is 22.4. The number of nitrogens with zero attached hydrogens (tertiary/aromatic N) is 2. The molecule has 1 atom stereocenters. The zero-order valence-electron chi connectivity index (χ0n) is 21.6. The van der Waals surface area contributed by atoms with Crippen molar-refractivity contribution in [2.75, 3.05) is 0 Å². The molecule has 3 nitrogen and oxygen atoms in total. The molecule has 4 heterocycles. The van der Waals surface area contributed by atoms with E-state index in [1.54, 1.807) is 0 Å². The molecule has 0 spiro atoms. The van der Waals surface area contributed by atoms with Gasteiger partial charge in [-0.1, -0.05) is 78.9 Å². The predicted molar refractivity (Wildman–Crippen MR) is 170 cm³/mol. The number of fused-ring (bicyclic) bond motifs is 12. The molecular weight excluding hydrogens is 508 g/mol. The van der Waals surface area contributed by atoms with Crippen LogP contribution in [0, 0.1) is 0 Å². The summed E-state index contributed by atoms with van der Waals surface area (Å²) in [6, 6.07) is 26.5. The summed E-state index contributed by atoms with van der Waals surface area (Å²) in [5.74, 6) is 0. The van der Waals surface area contributed by atoms with Gasteiger partial charge in [0.05, 0.1) is 10.2 Å². The van der Waals surface area contributed by atoms with E-state index in [1.807, 2.05) is 17.4 Å². The van der Waals surface area contributed by atoms with Gasteiger partial charge in [0.25, 0.3) is 5.69 Å². The summed E-state index contributed by atoms with van der Waals surface area (Å²) in [5.41, 5.74) is 9.44. The number of para-hydroxylation sites is 3. The highest BCUT2D eigenvalue weighted by Gasteiger charge is 2.39. The Balaban J connectivity index is 1.36. The van der Waals surface area contributed by atoms with Gasteiger partial charge in [0.1, 0.15) is 17.1 Å². The molecule has 1 unspecified atom stereocenters. The first-order valence-electron chi connectivity index (χ1n) is 14.0. The number of allylic oxidation sites excluding steroid dienone is 5. The van der Waals surface area contributed by atoms with Crippen molar-refractivity contribution in [1.82, 2.24) is 9.14 Å². The Labute approximate surface area is 233 Å². The maximum Gasteiger partial charge on any atom is 0.255 e. The summed E-state index contributed by atoms with van der Waals surface area (Å²) in [6.45, 7) is 0. The van der Waals surface area contributed by atoms with Crippen molar-refractivity contribution in [1.29, 1.82) is 0 Å². The molecule has 0 saturated carbocycles. The number of rotatable bonds is 1. The average Bonchev–Trinajstić information content (AvgIpc) is 3.68. The fraction of sp³-hybridized carbons (Fsp3) is 0.0833. The topological polar surface area (TPSA) is 21.1 Å². The lowest BCUT2D eigenvalue weighted by molar-refractivity contribution is 0.665. The summed E-state index contributed by atoms with van der Waals surface area (Å²) >= 11 is 1.99. The number of thiophene rings is 1. The van der Waals surface area contributed by atoms with E-state index in [0.29, 0.717) is 0 Å². The zero-order chi connectivity index (χ0) is 25.9. The third-order valence-electron chi connectivity index (χ3n) is 8.93. The number of benzene rings is 4. The van der Waals surface area contributed by atoms with Crippen LogP contribution in [0.25, 0.3) is 59.9 Å². The van der Waals surface area contributed by atoms with E-state index in [1.165, 1.54) is 53.7 Å². The molecule has 3 aliphatic rings. The Morgan fingerprint density at radius 2 is 1.57 bits per heavy atom. The number of hydrogen-bond donors (Lipinski definition) is 0. The molecule has 2 aliphatic carbocycles. The molecule has 7 aromatic rings. The average molecular weight is 532 g/mol. The van der Waals surface area contributed by atoms with E-state index in [4.69, 9.17) is 4.42 Å². The molecule has 0 bridgehead atoms. The quantitative estimate of drug-likeness (QED) is 0.193. The fourth-order valence-electron chi connectivity index (χ4n) is 7.29. The molecule has 10 rings (SSSR count). The maximum atomic E-state index is 6.55. The normalized spacial score (nSPS) is 17.6. The van der Waals surface area contributed by atoms with Crippen LogP contribution in [0.4, 0.5) is 11.4 Å². The van der Waals surface area contributed by atoms with Crippen molar-refractivity contribution in [3.05, 3.63) is 114 Å². The number of aromatic nitrogens is 1. The van der Waals surface area contributed by atoms with Gasteiger partial charge in [-0.15, -0.1) is 11.3 Å². The van der Waals surface area contributed by atoms with Gasteiger partial charge >= 0.3 is 0 Å². The van der Waals surface area contributed by atoms with E-state index >= 15 is 0 Å². The maximum absolute atomic E-state index is 6.55. The van der Waals surface area contributed by atoms with Gasteiger partial charge in [-0.25, -0.2) is 0 Å². The Morgan fingerprint density at radius 1 is 0.750 bits per heavy atom. The van der Waals surface area contributed by atoms with Gasteiger partial charge in [-0.2, -0.15) is 4.58 Å². The fourth-order valence-corrected chi connectivity index (χ4v) is 8.64. The molecule has 4 aromatic carbocycles. The predicted octanol–water partition coefficient (Wildman–Crippen LogP) is 9.82. The Kier molecular flexibility index (Phi) is 3.97. The van der Waals surface area contributed by atoms with E-state index in [-0.39, 0.29) is 6.04 Å². The van der Waals surface area contributed by atoms with Crippen LogP contribution in [0.2, 0.25) is 0 Å². The summed E-state index contributed by atoms with van der Waals surface area (Å²) in [4.78, 5) is 1.51. The Bertz CT molecular complexity index is 2390. The molecule has 0 amide bonds. The second kappa shape index (κ2) is 7.50. The highest BCUT2D eigenvalue weighted by molar-refractivity contribution is 7.20. The number of hydrogen-bond acceptors (Lipinski definition) is 2. The summed E-state index contributed by atoms with van der Waals surface area (Å²) in [7, 11) is 0. The SMILES string of the molecule is C1=CC2=[N+](c3cccc4c3oc3ccccc34)c3cccc4c5ccc6c7c(sc6c5n(c34)C2C=C1)CCC=C7. The Morgan fingerprint density at radius 3 is 2.55 bits per heavy atom. The van der Waals surface area contributed by atoms with Crippen molar-refractivity contribution >= 4 is 88.3 Å². The highest BCUT2D eigenvalue weighted by Crippen LogP contribution is 2.49. The molecule has 1 aliphatic heterocycles. The molecule has 188 valence electrons. The van der Waals surface area contributed by atoms with Crippen molar-refractivity contribution in [2.24, 2.45) is 0 Å². The summed E-state index contributed by atoms with van der Waals surface area (Å²) < 4.78 is 13.0. The first-order valence-corrected chi connectivity index (χ1v) is 14.8. The van der Waals surface area contributed by atoms with Gasteiger partial charge in [0.15, 0.2) is 0 Å². The third kappa shape index (κ3) is 2.53. The van der Waals surface area contributed by atoms with E-state index in [0.717, 1.165) is 40.5 Å². The number of furan rings is 1. The van der Waals surface area contributed by atoms with Gasteiger partial charge in [-0.3, -0.25) is 0 Å². The second-order valence-corrected chi connectivity index (χ2v) is 12.1. The van der Waals surface area contributed by atoms with Gasteiger partial charge < -0.3 is 8.98 Å². The van der Waals surface area contributed by atoms with Crippen LogP contribution >= 0.6 is 11.3 Å². The van der Waals surface area contributed by atoms with Crippen molar-refractivity contribution in [2.45, 2.75) is 18.9 Å². The van der Waals surface area contributed by atoms with Crippen LogP contribution in [0.15, 0.2) is 108 Å². The van der Waals surface area contributed by atoms with Crippen molar-refractivity contribution in [3.63, 3.8) is 0 Å². The lowest BCUT2D eigenvalue weighted by Gasteiger charge is -2.24. The third-order valence-corrected chi connectivity index (χ3v) is 10.2. The highest BCUT2D eigenvalue weighted by atomic mass is 32.1. The Hall–Kier alpha value is -4.67. The van der Waals surface area contributed by atoms with Crippen LogP contribution in [0.5, 0.6) is 0 Å². The van der Waals surface area contributed by atoms with Crippen LogP contribution in [-0.4, -0.2) is 10.3 Å². The molecule has 40 heavy (non-hydrogen) atoms. The van der Waals surface area contributed by atoms with Gasteiger partial charge in [0, 0.05) is 50.0 Å². The smallest absolute Gasteiger partial charge is 0.255 e. The van der Waals surface area contributed by atoms with Crippen LogP contribution in [0.3, 0.4) is 0 Å². The molecule has 0 saturated heterocycles. The summed E-state index contributed by atoms with van der Waals surface area (Å²) in [5, 5.41) is 6.33. The first-order chi connectivity index (χ1) is 19.9. The monoisotopic (exact) mass is 531 g/mol. The second-order valence-electron chi connectivity index (χ2n) is 11.0. The molecule has 3 aromatic heterocycles. The van der Waals surface area contributed by atoms with E-state index < -0.39 is 0 Å². The van der Waals surface area contributed by atoms with Crippen molar-refractivity contribution in [3.8, 4) is 0 Å². The minimum atomic E-state index is 0.0832. The minimum absolute atomic E-state index is 0.0832. The van der Waals surface area contributed by atoms with Crippen LogP contribution in [-0.2, 0) is 6.42 Å². The molecule has 0 fully saturated rings. The minimum Gasteiger partial charge on any atom is -0.449 e. The lowest BCUT2D eigenvalue weighted by Crippen LogP contribution is -2.30. The molecule has 0 N–H and O–H groups in total.